The highest BCUT2D eigenvalue weighted by atomic mass is 32.2. The second-order valence-corrected chi connectivity index (χ2v) is 8.63. The molecular formula is C10H23N3O4S2. The Morgan fingerprint density at radius 1 is 1.00 bits per heavy atom. The van der Waals surface area contributed by atoms with Crippen LogP contribution in [0.2, 0.25) is 0 Å². The number of sulfonamides is 2. The van der Waals surface area contributed by atoms with E-state index in [4.69, 9.17) is 0 Å². The summed E-state index contributed by atoms with van der Waals surface area (Å²) in [6, 6.07) is 0. The van der Waals surface area contributed by atoms with Crippen molar-refractivity contribution in [1.29, 1.82) is 0 Å². The van der Waals surface area contributed by atoms with Crippen LogP contribution < -0.4 is 4.72 Å². The van der Waals surface area contributed by atoms with E-state index in [0.717, 1.165) is 19.6 Å². The van der Waals surface area contributed by atoms with Gasteiger partial charge in [0, 0.05) is 32.7 Å². The average Bonchev–Trinajstić information content (AvgIpc) is 2.38. The van der Waals surface area contributed by atoms with Crippen LogP contribution in [0, 0.1) is 0 Å². The summed E-state index contributed by atoms with van der Waals surface area (Å²) in [5, 5.41) is 0. The molecule has 114 valence electrons. The lowest BCUT2D eigenvalue weighted by Gasteiger charge is -2.33. The van der Waals surface area contributed by atoms with Crippen LogP contribution in [0.4, 0.5) is 0 Å². The molecule has 0 aliphatic carbocycles. The van der Waals surface area contributed by atoms with Gasteiger partial charge in [-0.2, -0.15) is 4.31 Å². The predicted octanol–water partition coefficient (Wildman–Crippen LogP) is -1.11. The van der Waals surface area contributed by atoms with Crippen LogP contribution in [0.15, 0.2) is 0 Å². The minimum atomic E-state index is -3.37. The number of hydrogen-bond acceptors (Lipinski definition) is 5. The standard InChI is InChI=1S/C10H23N3O4S2/c1-3-12-6-8-13(9-7-12)19(16,17)10-5-11-18(14,15)4-2/h11H,3-10H2,1-2H3. The third kappa shape index (κ3) is 5.35. The predicted molar refractivity (Wildman–Crippen MR) is 74.9 cm³/mol. The molecule has 0 amide bonds. The van der Waals surface area contributed by atoms with Crippen LogP contribution in [-0.4, -0.2) is 76.8 Å². The maximum absolute atomic E-state index is 12.0. The molecule has 7 nitrogen and oxygen atoms in total. The molecule has 0 aromatic heterocycles. The van der Waals surface area contributed by atoms with Crippen molar-refractivity contribution in [2.24, 2.45) is 0 Å². The molecule has 1 heterocycles. The Morgan fingerprint density at radius 2 is 1.58 bits per heavy atom. The van der Waals surface area contributed by atoms with Crippen molar-refractivity contribution in [1.82, 2.24) is 13.9 Å². The molecular weight excluding hydrogens is 290 g/mol. The molecule has 1 aliphatic heterocycles. The molecule has 0 spiro atoms. The van der Waals surface area contributed by atoms with Crippen LogP contribution in [0.25, 0.3) is 0 Å². The molecule has 1 aliphatic rings. The molecule has 1 fully saturated rings. The average molecular weight is 313 g/mol. The number of nitrogens with zero attached hydrogens (tertiary/aromatic N) is 2. The Hall–Kier alpha value is -0.220. The third-order valence-electron chi connectivity index (χ3n) is 3.23. The van der Waals surface area contributed by atoms with Gasteiger partial charge in [-0.3, -0.25) is 0 Å². The van der Waals surface area contributed by atoms with Gasteiger partial charge in [0.05, 0.1) is 11.5 Å². The van der Waals surface area contributed by atoms with Crippen molar-refractivity contribution < 1.29 is 16.8 Å². The summed E-state index contributed by atoms with van der Waals surface area (Å²) < 4.78 is 50.2. The number of likely N-dealkylation sites (N-methyl/N-ethyl adjacent to an activating group) is 1. The van der Waals surface area contributed by atoms with E-state index in [2.05, 4.69) is 9.62 Å². The summed E-state index contributed by atoms with van der Waals surface area (Å²) in [6.45, 7) is 6.85. The number of hydrogen-bond donors (Lipinski definition) is 1. The fraction of sp³-hybridized carbons (Fsp3) is 1.00. The highest BCUT2D eigenvalue weighted by molar-refractivity contribution is 7.90. The zero-order chi connectivity index (χ0) is 14.5. The summed E-state index contributed by atoms with van der Waals surface area (Å²) in [7, 11) is -6.69. The zero-order valence-electron chi connectivity index (χ0n) is 11.5. The lowest BCUT2D eigenvalue weighted by molar-refractivity contribution is 0.196. The Bertz CT molecular complexity index is 467. The Kier molecular flexibility index (Phi) is 6.18. The van der Waals surface area contributed by atoms with Gasteiger partial charge in [-0.15, -0.1) is 0 Å². The van der Waals surface area contributed by atoms with Gasteiger partial charge < -0.3 is 4.90 Å². The van der Waals surface area contributed by atoms with Crippen LogP contribution in [0.3, 0.4) is 0 Å². The Labute approximate surface area is 116 Å². The second kappa shape index (κ2) is 6.98. The molecule has 0 radical (unpaired) electrons. The van der Waals surface area contributed by atoms with E-state index in [-0.39, 0.29) is 18.1 Å². The first-order chi connectivity index (χ1) is 8.80. The van der Waals surface area contributed by atoms with Gasteiger partial charge in [0.25, 0.3) is 0 Å². The van der Waals surface area contributed by atoms with E-state index in [0.29, 0.717) is 13.1 Å². The maximum Gasteiger partial charge on any atom is 0.215 e. The van der Waals surface area contributed by atoms with Gasteiger partial charge in [-0.05, 0) is 13.5 Å². The minimum Gasteiger partial charge on any atom is -0.301 e. The van der Waals surface area contributed by atoms with E-state index in [9.17, 15) is 16.8 Å². The zero-order valence-corrected chi connectivity index (χ0v) is 13.1. The van der Waals surface area contributed by atoms with Crippen LogP contribution >= 0.6 is 0 Å². The van der Waals surface area contributed by atoms with Crippen molar-refractivity contribution in [3.63, 3.8) is 0 Å². The molecule has 1 rings (SSSR count). The van der Waals surface area contributed by atoms with E-state index >= 15 is 0 Å². The lowest BCUT2D eigenvalue weighted by Crippen LogP contribution is -2.49. The largest absolute Gasteiger partial charge is 0.301 e. The summed E-state index contributed by atoms with van der Waals surface area (Å²) in [6.07, 6.45) is 0. The van der Waals surface area contributed by atoms with Crippen LogP contribution in [0.5, 0.6) is 0 Å². The van der Waals surface area contributed by atoms with E-state index < -0.39 is 20.0 Å². The van der Waals surface area contributed by atoms with Gasteiger partial charge in [0.2, 0.25) is 20.0 Å². The fourth-order valence-corrected chi connectivity index (χ4v) is 3.97. The van der Waals surface area contributed by atoms with Crippen molar-refractivity contribution in [2.45, 2.75) is 13.8 Å². The summed E-state index contributed by atoms with van der Waals surface area (Å²) in [5.41, 5.74) is 0. The number of nitrogens with one attached hydrogen (secondary N) is 1. The van der Waals surface area contributed by atoms with Crippen molar-refractivity contribution in [2.75, 3.05) is 50.8 Å². The fourth-order valence-electron chi connectivity index (χ4n) is 1.88. The smallest absolute Gasteiger partial charge is 0.215 e. The highest BCUT2D eigenvalue weighted by Crippen LogP contribution is 2.07. The highest BCUT2D eigenvalue weighted by Gasteiger charge is 2.26. The van der Waals surface area contributed by atoms with Gasteiger partial charge in [0.15, 0.2) is 0 Å². The van der Waals surface area contributed by atoms with Crippen LogP contribution in [-0.2, 0) is 20.0 Å². The summed E-state index contributed by atoms with van der Waals surface area (Å²) in [5.74, 6) is -0.222. The van der Waals surface area contributed by atoms with Gasteiger partial charge in [-0.1, -0.05) is 6.92 Å². The Morgan fingerprint density at radius 3 is 2.05 bits per heavy atom. The molecule has 1 N–H and O–H groups in total. The molecule has 0 unspecified atom stereocenters. The van der Waals surface area contributed by atoms with Crippen molar-refractivity contribution >= 4 is 20.0 Å². The SMILES string of the molecule is CCN1CCN(S(=O)(=O)CCNS(=O)(=O)CC)CC1. The Balaban J connectivity index is 2.45. The van der Waals surface area contributed by atoms with E-state index in [1.54, 1.807) is 0 Å². The van der Waals surface area contributed by atoms with E-state index in [1.165, 1.54) is 11.2 Å². The molecule has 0 bridgehead atoms. The first-order valence-electron chi connectivity index (χ1n) is 6.48. The van der Waals surface area contributed by atoms with Crippen molar-refractivity contribution in [3.05, 3.63) is 0 Å². The maximum atomic E-state index is 12.0. The topological polar surface area (TPSA) is 86.8 Å². The molecule has 0 atom stereocenters. The van der Waals surface area contributed by atoms with Gasteiger partial charge >= 0.3 is 0 Å². The molecule has 0 aromatic rings. The number of piperazine rings is 1. The molecule has 0 aromatic carbocycles. The third-order valence-corrected chi connectivity index (χ3v) is 6.51. The summed E-state index contributed by atoms with van der Waals surface area (Å²) >= 11 is 0. The lowest BCUT2D eigenvalue weighted by atomic mass is 10.4. The molecule has 0 saturated carbocycles. The van der Waals surface area contributed by atoms with Gasteiger partial charge in [-0.25, -0.2) is 21.6 Å². The molecule has 19 heavy (non-hydrogen) atoms. The minimum absolute atomic E-state index is 0.0395. The van der Waals surface area contributed by atoms with Crippen LogP contribution in [0.1, 0.15) is 13.8 Å². The van der Waals surface area contributed by atoms with Crippen molar-refractivity contribution in [3.8, 4) is 0 Å². The second-order valence-electron chi connectivity index (χ2n) is 4.45. The monoisotopic (exact) mass is 313 g/mol. The first kappa shape index (κ1) is 16.8. The van der Waals surface area contributed by atoms with E-state index in [1.807, 2.05) is 6.92 Å². The molecule has 1 saturated heterocycles. The van der Waals surface area contributed by atoms with Gasteiger partial charge in [0.1, 0.15) is 0 Å². The molecule has 9 heteroatoms. The normalized spacial score (nSPS) is 19.7. The first-order valence-corrected chi connectivity index (χ1v) is 9.74. The quantitative estimate of drug-likeness (QED) is 0.644. The number of rotatable bonds is 7. The summed E-state index contributed by atoms with van der Waals surface area (Å²) in [4.78, 5) is 2.19.